The van der Waals surface area contributed by atoms with E-state index in [0.29, 0.717) is 29.4 Å². The van der Waals surface area contributed by atoms with E-state index in [9.17, 15) is 14.4 Å². The summed E-state index contributed by atoms with van der Waals surface area (Å²) >= 11 is 2.96. The van der Waals surface area contributed by atoms with Crippen molar-refractivity contribution in [3.05, 3.63) is 56.5 Å². The smallest absolute Gasteiger partial charge is 0.294 e. The van der Waals surface area contributed by atoms with Gasteiger partial charge in [0.05, 0.1) is 18.6 Å². The molecule has 3 amide bonds. The number of anilines is 1. The monoisotopic (exact) mass is 538 g/mol. The minimum Gasteiger partial charge on any atom is -0.493 e. The Hall–Kier alpha value is -2.53. The molecule has 30 heavy (non-hydrogen) atoms. The highest BCUT2D eigenvalue weighted by atomic mass is 127. The number of carbonyl (C=O) groups excluding carboxylic acids is 3. The number of methoxy groups -OCH3 is 1. The molecule has 0 atom stereocenters. The number of imide groups is 1. The van der Waals surface area contributed by atoms with Gasteiger partial charge in [-0.25, -0.2) is 0 Å². The number of carbonyl (C=O) groups is 3. The van der Waals surface area contributed by atoms with Crippen molar-refractivity contribution in [3.63, 3.8) is 0 Å². The molecule has 0 unspecified atom stereocenters. The zero-order valence-corrected chi connectivity index (χ0v) is 19.3. The van der Waals surface area contributed by atoms with E-state index < -0.39 is 17.1 Å². The summed E-state index contributed by atoms with van der Waals surface area (Å²) in [6.45, 7) is 2.03. The number of hydrogen-bond acceptors (Lipinski definition) is 6. The van der Waals surface area contributed by atoms with Crippen LogP contribution in [0.15, 0.2) is 47.4 Å². The van der Waals surface area contributed by atoms with Gasteiger partial charge in [-0.1, -0.05) is 6.07 Å². The number of amides is 3. The third-order valence-electron chi connectivity index (χ3n) is 4.09. The molecule has 2 aromatic carbocycles. The zero-order chi connectivity index (χ0) is 21.7. The number of rotatable bonds is 7. The Balaban J connectivity index is 1.71. The summed E-state index contributed by atoms with van der Waals surface area (Å²) in [6, 6.07) is 12.5. The Kier molecular flexibility index (Phi) is 7.38. The van der Waals surface area contributed by atoms with Gasteiger partial charge in [0.15, 0.2) is 11.5 Å². The van der Waals surface area contributed by atoms with Gasteiger partial charge in [-0.2, -0.15) is 0 Å². The van der Waals surface area contributed by atoms with Crippen LogP contribution in [0.5, 0.6) is 11.5 Å². The maximum Gasteiger partial charge on any atom is 0.294 e. The second kappa shape index (κ2) is 9.98. The van der Waals surface area contributed by atoms with E-state index >= 15 is 0 Å². The Bertz CT molecular complexity index is 1010. The fourth-order valence-corrected chi connectivity index (χ4v) is 3.91. The molecule has 7 nitrogen and oxygen atoms in total. The third-order valence-corrected chi connectivity index (χ3v) is 5.72. The van der Waals surface area contributed by atoms with Crippen LogP contribution in [-0.4, -0.2) is 42.2 Å². The Morgan fingerprint density at radius 3 is 2.57 bits per heavy atom. The first-order valence-corrected chi connectivity index (χ1v) is 10.9. The molecule has 0 spiro atoms. The minimum absolute atomic E-state index is 0.244. The summed E-state index contributed by atoms with van der Waals surface area (Å²) in [5.74, 6) is 0.178. The van der Waals surface area contributed by atoms with Crippen molar-refractivity contribution in [3.8, 4) is 11.5 Å². The normalized spacial score (nSPS) is 14.9. The quantitative estimate of drug-likeness (QED) is 0.417. The van der Waals surface area contributed by atoms with Crippen LogP contribution < -0.4 is 14.8 Å². The predicted molar refractivity (Wildman–Crippen MR) is 125 cm³/mol. The molecule has 0 radical (unpaired) electrons. The van der Waals surface area contributed by atoms with Crippen molar-refractivity contribution >= 4 is 63.2 Å². The molecule has 0 aliphatic carbocycles. The van der Waals surface area contributed by atoms with Gasteiger partial charge in [-0.15, -0.1) is 0 Å². The molecule has 1 fully saturated rings. The summed E-state index contributed by atoms with van der Waals surface area (Å²) in [5, 5.41) is 2.20. The lowest BCUT2D eigenvalue weighted by Gasteiger charge is -2.12. The van der Waals surface area contributed by atoms with Gasteiger partial charge in [-0.3, -0.25) is 19.3 Å². The van der Waals surface area contributed by atoms with Gasteiger partial charge >= 0.3 is 0 Å². The molecule has 3 rings (SSSR count). The minimum atomic E-state index is -0.504. The molecule has 0 bridgehead atoms. The summed E-state index contributed by atoms with van der Waals surface area (Å²) in [4.78, 5) is 38.4. The fourth-order valence-electron chi connectivity index (χ4n) is 2.71. The molecule has 0 saturated carbocycles. The number of nitrogens with one attached hydrogen (secondary N) is 1. The van der Waals surface area contributed by atoms with Crippen molar-refractivity contribution in [1.82, 2.24) is 4.90 Å². The van der Waals surface area contributed by atoms with Crippen LogP contribution in [0, 0.1) is 3.57 Å². The van der Waals surface area contributed by atoms with Crippen LogP contribution in [0.4, 0.5) is 10.5 Å². The Morgan fingerprint density at radius 2 is 1.90 bits per heavy atom. The molecule has 1 saturated heterocycles. The first kappa shape index (κ1) is 22.2. The molecule has 1 N–H and O–H groups in total. The first-order chi connectivity index (χ1) is 14.4. The van der Waals surface area contributed by atoms with E-state index in [1.54, 1.807) is 36.4 Å². The standard InChI is InChI=1S/C21H19IN2O5S/c1-3-29-16-9-4-13(10-17(16)28-2)11-18-20(26)24(21(27)30-18)12-19(25)23-15-7-5-14(22)6-8-15/h4-11H,3,12H2,1-2H3,(H,23,25)/b18-11+. The second-order valence-electron chi connectivity index (χ2n) is 6.17. The molecular weight excluding hydrogens is 519 g/mol. The second-order valence-corrected chi connectivity index (χ2v) is 8.41. The van der Waals surface area contributed by atoms with Gasteiger partial charge < -0.3 is 14.8 Å². The Morgan fingerprint density at radius 1 is 1.17 bits per heavy atom. The summed E-state index contributed by atoms with van der Waals surface area (Å²) < 4.78 is 11.8. The van der Waals surface area contributed by atoms with Crippen LogP contribution in [0.2, 0.25) is 0 Å². The van der Waals surface area contributed by atoms with Gasteiger partial charge in [-0.05, 0) is 89.3 Å². The van der Waals surface area contributed by atoms with Crippen LogP contribution in [-0.2, 0) is 9.59 Å². The van der Waals surface area contributed by atoms with E-state index in [4.69, 9.17) is 9.47 Å². The van der Waals surface area contributed by atoms with Crippen LogP contribution in [0.25, 0.3) is 6.08 Å². The van der Waals surface area contributed by atoms with Crippen LogP contribution in [0.3, 0.4) is 0 Å². The summed E-state index contributed by atoms with van der Waals surface area (Å²) in [6.07, 6.45) is 1.60. The van der Waals surface area contributed by atoms with Crippen molar-refractivity contribution in [1.29, 1.82) is 0 Å². The maximum atomic E-state index is 12.7. The van der Waals surface area contributed by atoms with Crippen molar-refractivity contribution in [2.45, 2.75) is 6.92 Å². The highest BCUT2D eigenvalue weighted by Gasteiger charge is 2.36. The predicted octanol–water partition coefficient (Wildman–Crippen LogP) is 4.37. The lowest BCUT2D eigenvalue weighted by atomic mass is 10.2. The topological polar surface area (TPSA) is 84.9 Å². The van der Waals surface area contributed by atoms with Gasteiger partial charge in [0.2, 0.25) is 5.91 Å². The fraction of sp³-hybridized carbons (Fsp3) is 0.190. The summed E-state index contributed by atoms with van der Waals surface area (Å²) in [5.41, 5.74) is 1.29. The number of hydrogen-bond donors (Lipinski definition) is 1. The molecule has 1 heterocycles. The molecule has 1 aliphatic rings. The van der Waals surface area contributed by atoms with Crippen molar-refractivity contribution in [2.24, 2.45) is 0 Å². The summed E-state index contributed by atoms with van der Waals surface area (Å²) in [7, 11) is 1.53. The Labute approximate surface area is 191 Å². The molecule has 1 aliphatic heterocycles. The number of nitrogens with zero attached hydrogens (tertiary/aromatic N) is 1. The lowest BCUT2D eigenvalue weighted by molar-refractivity contribution is -0.127. The average Bonchev–Trinajstić information content (AvgIpc) is 2.98. The zero-order valence-electron chi connectivity index (χ0n) is 16.3. The SMILES string of the molecule is CCOc1ccc(/C=C2/SC(=O)N(CC(=O)Nc3ccc(I)cc3)C2=O)cc1OC. The molecule has 0 aromatic heterocycles. The maximum absolute atomic E-state index is 12.7. The number of ether oxygens (including phenoxy) is 2. The van der Waals surface area contributed by atoms with Gasteiger partial charge in [0.1, 0.15) is 6.54 Å². The largest absolute Gasteiger partial charge is 0.493 e. The van der Waals surface area contributed by atoms with E-state index in [1.165, 1.54) is 7.11 Å². The number of benzene rings is 2. The lowest BCUT2D eigenvalue weighted by Crippen LogP contribution is -2.36. The molecular formula is C21H19IN2O5S. The van der Waals surface area contributed by atoms with Crippen molar-refractivity contribution < 1.29 is 23.9 Å². The van der Waals surface area contributed by atoms with Crippen LogP contribution >= 0.6 is 34.4 Å². The number of thioether (sulfide) groups is 1. The highest BCUT2D eigenvalue weighted by Crippen LogP contribution is 2.34. The van der Waals surface area contributed by atoms with E-state index in [1.807, 2.05) is 19.1 Å². The highest BCUT2D eigenvalue weighted by molar-refractivity contribution is 14.1. The van der Waals surface area contributed by atoms with E-state index in [2.05, 4.69) is 27.9 Å². The van der Waals surface area contributed by atoms with Gasteiger partial charge in [0.25, 0.3) is 11.1 Å². The molecule has 156 valence electrons. The first-order valence-electron chi connectivity index (χ1n) is 9.03. The number of halogens is 1. The average molecular weight is 538 g/mol. The molecule has 9 heteroatoms. The molecule has 2 aromatic rings. The van der Waals surface area contributed by atoms with Crippen LogP contribution in [0.1, 0.15) is 12.5 Å². The van der Waals surface area contributed by atoms with E-state index in [0.717, 1.165) is 20.2 Å². The van der Waals surface area contributed by atoms with Crippen molar-refractivity contribution in [2.75, 3.05) is 25.6 Å². The van der Waals surface area contributed by atoms with E-state index in [-0.39, 0.29) is 11.4 Å². The third kappa shape index (κ3) is 5.33. The van der Waals surface area contributed by atoms with Gasteiger partial charge in [0, 0.05) is 9.26 Å².